The van der Waals surface area contributed by atoms with E-state index in [1.807, 2.05) is 12.1 Å². The van der Waals surface area contributed by atoms with E-state index >= 15 is 0 Å². The first-order chi connectivity index (χ1) is 9.09. The van der Waals surface area contributed by atoms with Gasteiger partial charge in [0.15, 0.2) is 0 Å². The number of halogens is 1. The molecule has 5 heteroatoms. The molecule has 1 aromatic rings. The standard InChI is InChI=1S/C14H15BrN2O2/c15-12-8(3-1-6-11(12)16)7-17-13(18)9-4-2-5-10(9)14(17)19/h1,3,6,9-10H,2,4-5,7,16H2. The summed E-state index contributed by atoms with van der Waals surface area (Å²) in [5, 5.41) is 0. The number of imide groups is 1. The van der Waals surface area contributed by atoms with Gasteiger partial charge in [-0.3, -0.25) is 14.5 Å². The Labute approximate surface area is 120 Å². The quantitative estimate of drug-likeness (QED) is 0.671. The fourth-order valence-corrected chi connectivity index (χ4v) is 3.50. The summed E-state index contributed by atoms with van der Waals surface area (Å²) < 4.78 is 0.771. The van der Waals surface area contributed by atoms with Gasteiger partial charge in [0.05, 0.1) is 18.4 Å². The minimum atomic E-state index is -0.0765. The van der Waals surface area contributed by atoms with Gasteiger partial charge in [0, 0.05) is 10.2 Å². The van der Waals surface area contributed by atoms with Crippen LogP contribution in [-0.4, -0.2) is 16.7 Å². The van der Waals surface area contributed by atoms with Crippen molar-refractivity contribution in [3.63, 3.8) is 0 Å². The van der Waals surface area contributed by atoms with E-state index in [2.05, 4.69) is 15.9 Å². The Balaban J connectivity index is 1.86. The number of nitrogen functional groups attached to an aromatic ring is 1. The number of fused-ring (bicyclic) bond motifs is 1. The van der Waals surface area contributed by atoms with Crippen LogP contribution >= 0.6 is 15.9 Å². The van der Waals surface area contributed by atoms with E-state index in [1.54, 1.807) is 6.07 Å². The molecule has 2 aliphatic rings. The van der Waals surface area contributed by atoms with E-state index in [0.29, 0.717) is 12.2 Å². The van der Waals surface area contributed by atoms with Gasteiger partial charge in [-0.2, -0.15) is 0 Å². The molecule has 100 valence electrons. The van der Waals surface area contributed by atoms with Crippen LogP contribution in [0.1, 0.15) is 24.8 Å². The van der Waals surface area contributed by atoms with Crippen molar-refractivity contribution in [2.45, 2.75) is 25.8 Å². The van der Waals surface area contributed by atoms with Crippen LogP contribution in [0.4, 0.5) is 5.69 Å². The molecule has 2 unspecified atom stereocenters. The number of anilines is 1. The van der Waals surface area contributed by atoms with E-state index in [0.717, 1.165) is 29.3 Å². The van der Waals surface area contributed by atoms with Gasteiger partial charge < -0.3 is 5.73 Å². The molecule has 1 aliphatic heterocycles. The summed E-state index contributed by atoms with van der Waals surface area (Å²) in [6.45, 7) is 0.316. The molecule has 1 heterocycles. The molecule has 2 atom stereocenters. The Hall–Kier alpha value is -1.36. The summed E-state index contributed by atoms with van der Waals surface area (Å²) in [7, 11) is 0. The molecule has 3 rings (SSSR count). The van der Waals surface area contributed by atoms with Crippen molar-refractivity contribution in [3.05, 3.63) is 28.2 Å². The monoisotopic (exact) mass is 322 g/mol. The maximum absolute atomic E-state index is 12.3. The third kappa shape index (κ3) is 1.96. The molecule has 0 bridgehead atoms. The highest BCUT2D eigenvalue weighted by Gasteiger charge is 2.49. The maximum Gasteiger partial charge on any atom is 0.233 e. The fourth-order valence-electron chi connectivity index (χ4n) is 3.11. The Morgan fingerprint density at radius 3 is 2.47 bits per heavy atom. The lowest BCUT2D eigenvalue weighted by Gasteiger charge is -2.17. The second-order valence-corrected chi connectivity index (χ2v) is 6.02. The Bertz CT molecular complexity index is 536. The lowest BCUT2D eigenvalue weighted by Crippen LogP contribution is -2.31. The van der Waals surface area contributed by atoms with Crippen molar-refractivity contribution in [2.24, 2.45) is 11.8 Å². The number of hydrogen-bond acceptors (Lipinski definition) is 3. The molecule has 2 N–H and O–H groups in total. The SMILES string of the molecule is Nc1cccc(CN2C(=O)C3CCCC3C2=O)c1Br. The second kappa shape index (κ2) is 4.63. The van der Waals surface area contributed by atoms with Gasteiger partial charge in [0.1, 0.15) is 0 Å². The Morgan fingerprint density at radius 2 is 1.84 bits per heavy atom. The number of nitrogens with zero attached hydrogens (tertiary/aromatic N) is 1. The van der Waals surface area contributed by atoms with Gasteiger partial charge in [-0.15, -0.1) is 0 Å². The average Bonchev–Trinajstić information content (AvgIpc) is 2.95. The highest BCUT2D eigenvalue weighted by molar-refractivity contribution is 9.10. The highest BCUT2D eigenvalue weighted by atomic mass is 79.9. The second-order valence-electron chi connectivity index (χ2n) is 5.23. The predicted octanol–water partition coefficient (Wildman–Crippen LogP) is 2.32. The summed E-state index contributed by atoms with van der Waals surface area (Å²) in [6, 6.07) is 5.51. The average molecular weight is 323 g/mol. The van der Waals surface area contributed by atoms with Crippen LogP contribution in [0.15, 0.2) is 22.7 Å². The summed E-state index contributed by atoms with van der Waals surface area (Å²) in [4.78, 5) is 25.9. The van der Waals surface area contributed by atoms with Crippen LogP contribution in [-0.2, 0) is 16.1 Å². The highest BCUT2D eigenvalue weighted by Crippen LogP contribution is 2.40. The fraction of sp³-hybridized carbons (Fsp3) is 0.429. The molecule has 0 aromatic heterocycles. The molecule has 0 radical (unpaired) electrons. The van der Waals surface area contributed by atoms with Crippen LogP contribution < -0.4 is 5.73 Å². The molecule has 2 amide bonds. The third-order valence-electron chi connectivity index (χ3n) is 4.12. The number of benzene rings is 1. The van der Waals surface area contributed by atoms with Gasteiger partial charge in [0.25, 0.3) is 0 Å². The first-order valence-corrected chi connectivity index (χ1v) is 7.27. The van der Waals surface area contributed by atoms with E-state index < -0.39 is 0 Å². The van der Waals surface area contributed by atoms with Crippen molar-refractivity contribution < 1.29 is 9.59 Å². The zero-order valence-electron chi connectivity index (χ0n) is 10.4. The Morgan fingerprint density at radius 1 is 1.21 bits per heavy atom. The summed E-state index contributed by atoms with van der Waals surface area (Å²) in [5.74, 6) is -0.177. The molecule has 1 saturated carbocycles. The van der Waals surface area contributed by atoms with Crippen LogP contribution in [0.5, 0.6) is 0 Å². The molecule has 2 fully saturated rings. The number of carbonyl (C=O) groups excluding carboxylic acids is 2. The summed E-state index contributed by atoms with van der Waals surface area (Å²) in [5.41, 5.74) is 7.32. The van der Waals surface area contributed by atoms with Gasteiger partial charge >= 0.3 is 0 Å². The van der Waals surface area contributed by atoms with E-state index in [1.165, 1.54) is 4.90 Å². The topological polar surface area (TPSA) is 63.4 Å². The van der Waals surface area contributed by atoms with E-state index in [-0.39, 0.29) is 23.7 Å². The molecule has 4 nitrogen and oxygen atoms in total. The lowest BCUT2D eigenvalue weighted by molar-refractivity contribution is -0.141. The number of nitrogens with two attached hydrogens (primary N) is 1. The van der Waals surface area contributed by atoms with Gasteiger partial charge in [-0.25, -0.2) is 0 Å². The largest absolute Gasteiger partial charge is 0.398 e. The smallest absolute Gasteiger partial charge is 0.233 e. The first kappa shape index (κ1) is 12.7. The number of likely N-dealkylation sites (tertiary alicyclic amines) is 1. The predicted molar refractivity (Wildman–Crippen MR) is 74.9 cm³/mol. The van der Waals surface area contributed by atoms with E-state index in [4.69, 9.17) is 5.73 Å². The van der Waals surface area contributed by atoms with Crippen molar-refractivity contribution in [1.82, 2.24) is 4.90 Å². The number of amides is 2. The zero-order valence-corrected chi connectivity index (χ0v) is 12.0. The van der Waals surface area contributed by atoms with E-state index in [9.17, 15) is 9.59 Å². The molecular formula is C14H15BrN2O2. The van der Waals surface area contributed by atoms with Crippen molar-refractivity contribution in [1.29, 1.82) is 0 Å². The Kier molecular flexibility index (Phi) is 3.09. The molecule has 1 saturated heterocycles. The van der Waals surface area contributed by atoms with Crippen LogP contribution in [0.3, 0.4) is 0 Å². The minimum absolute atomic E-state index is 0.0122. The molecule has 1 aliphatic carbocycles. The number of rotatable bonds is 2. The summed E-state index contributed by atoms with van der Waals surface area (Å²) >= 11 is 3.41. The number of hydrogen-bond donors (Lipinski definition) is 1. The third-order valence-corrected chi connectivity index (χ3v) is 5.09. The van der Waals surface area contributed by atoms with Crippen LogP contribution in [0.25, 0.3) is 0 Å². The van der Waals surface area contributed by atoms with Crippen LogP contribution in [0.2, 0.25) is 0 Å². The summed E-state index contributed by atoms with van der Waals surface area (Å²) in [6.07, 6.45) is 2.69. The van der Waals surface area contributed by atoms with Gasteiger partial charge in [-0.05, 0) is 40.4 Å². The molecule has 19 heavy (non-hydrogen) atoms. The van der Waals surface area contributed by atoms with Crippen molar-refractivity contribution in [2.75, 3.05) is 5.73 Å². The van der Waals surface area contributed by atoms with Gasteiger partial charge in [0.2, 0.25) is 11.8 Å². The molecule has 0 spiro atoms. The maximum atomic E-state index is 12.3. The minimum Gasteiger partial charge on any atom is -0.398 e. The lowest BCUT2D eigenvalue weighted by atomic mass is 10.00. The van der Waals surface area contributed by atoms with Crippen molar-refractivity contribution in [3.8, 4) is 0 Å². The normalized spacial score (nSPS) is 26.1. The molecular weight excluding hydrogens is 308 g/mol. The van der Waals surface area contributed by atoms with Gasteiger partial charge in [-0.1, -0.05) is 18.6 Å². The zero-order chi connectivity index (χ0) is 13.6. The molecule has 1 aromatic carbocycles. The first-order valence-electron chi connectivity index (χ1n) is 6.47. The van der Waals surface area contributed by atoms with Crippen LogP contribution in [0, 0.1) is 11.8 Å². The van der Waals surface area contributed by atoms with Crippen molar-refractivity contribution >= 4 is 33.4 Å². The number of carbonyl (C=O) groups is 2.